The van der Waals surface area contributed by atoms with E-state index < -0.39 is 16.4 Å². The molecule has 1 aromatic heterocycles. The second-order valence-electron chi connectivity index (χ2n) is 5.39. The highest BCUT2D eigenvalue weighted by Gasteiger charge is 2.29. The lowest BCUT2D eigenvalue weighted by molar-refractivity contribution is -0.385. The number of benzene rings is 1. The summed E-state index contributed by atoms with van der Waals surface area (Å²) in [7, 11) is 0. The highest BCUT2D eigenvalue weighted by Crippen LogP contribution is 2.33. The molecule has 1 aliphatic heterocycles. The first-order valence-electron chi connectivity index (χ1n) is 7.23. The van der Waals surface area contributed by atoms with Gasteiger partial charge in [0.15, 0.2) is 0 Å². The molecule has 1 saturated heterocycles. The number of nitrogens with zero attached hydrogens (tertiary/aromatic N) is 3. The van der Waals surface area contributed by atoms with Crippen LogP contribution in [0.25, 0.3) is 0 Å². The van der Waals surface area contributed by atoms with Crippen LogP contribution in [0.1, 0.15) is 34.1 Å². The molecule has 7 nitrogen and oxygen atoms in total. The standard InChI is InChI=1S/C15H15N3O4S/c19-13-11(4-1-5-12(13)18(21)22)15(20)17-7-2-3-10(9-17)14-16-6-8-23-14/h1,4-6,8,10,19H,2-3,7,9H2/t10-/m0/s1. The van der Waals surface area contributed by atoms with Crippen LogP contribution in [-0.4, -0.2) is 38.9 Å². The first-order chi connectivity index (χ1) is 11.1. The number of thiazole rings is 1. The zero-order valence-electron chi connectivity index (χ0n) is 12.2. The summed E-state index contributed by atoms with van der Waals surface area (Å²) >= 11 is 1.56. The van der Waals surface area contributed by atoms with Gasteiger partial charge in [0, 0.05) is 36.7 Å². The highest BCUT2D eigenvalue weighted by atomic mass is 32.1. The van der Waals surface area contributed by atoms with Gasteiger partial charge in [0.1, 0.15) is 0 Å². The number of rotatable bonds is 3. The predicted octanol–water partition coefficient (Wildman–Crippen LogP) is 2.78. The Kier molecular flexibility index (Phi) is 4.24. The normalized spacial score (nSPS) is 17.9. The number of para-hydroxylation sites is 1. The number of likely N-dealkylation sites (tertiary alicyclic amines) is 1. The number of carbonyl (C=O) groups excluding carboxylic acids is 1. The highest BCUT2D eigenvalue weighted by molar-refractivity contribution is 7.09. The van der Waals surface area contributed by atoms with E-state index in [1.54, 1.807) is 22.4 Å². The molecular formula is C15H15N3O4S. The number of aromatic hydroxyl groups is 1. The van der Waals surface area contributed by atoms with Crippen molar-refractivity contribution >= 4 is 22.9 Å². The first kappa shape index (κ1) is 15.4. The topological polar surface area (TPSA) is 96.6 Å². The zero-order valence-corrected chi connectivity index (χ0v) is 13.0. The van der Waals surface area contributed by atoms with E-state index >= 15 is 0 Å². The number of piperidine rings is 1. The Hall–Kier alpha value is -2.48. The number of phenols is 1. The maximum absolute atomic E-state index is 12.6. The minimum Gasteiger partial charge on any atom is -0.502 e. The van der Waals surface area contributed by atoms with Crippen LogP contribution < -0.4 is 0 Å². The summed E-state index contributed by atoms with van der Waals surface area (Å²) in [5, 5.41) is 23.8. The molecule has 23 heavy (non-hydrogen) atoms. The largest absolute Gasteiger partial charge is 0.502 e. The Bertz CT molecular complexity index is 732. The van der Waals surface area contributed by atoms with Crippen LogP contribution in [0, 0.1) is 10.1 Å². The number of amides is 1. The van der Waals surface area contributed by atoms with Crippen molar-refractivity contribution in [1.29, 1.82) is 0 Å². The van der Waals surface area contributed by atoms with E-state index in [9.17, 15) is 20.0 Å². The molecule has 2 heterocycles. The van der Waals surface area contributed by atoms with Gasteiger partial charge in [0.05, 0.1) is 15.5 Å². The SMILES string of the molecule is O=C(c1cccc([N+](=O)[O-])c1O)N1CCC[C@H](c2nccs2)C1. The van der Waals surface area contributed by atoms with Gasteiger partial charge in [-0.1, -0.05) is 6.07 Å². The van der Waals surface area contributed by atoms with Gasteiger partial charge in [-0.25, -0.2) is 4.98 Å². The van der Waals surface area contributed by atoms with Crippen molar-refractivity contribution in [2.45, 2.75) is 18.8 Å². The predicted molar refractivity (Wildman–Crippen MR) is 84.8 cm³/mol. The van der Waals surface area contributed by atoms with Gasteiger partial charge in [0.25, 0.3) is 5.91 Å². The molecule has 1 N–H and O–H groups in total. The molecule has 3 rings (SSSR count). The summed E-state index contributed by atoms with van der Waals surface area (Å²) < 4.78 is 0. The van der Waals surface area contributed by atoms with Gasteiger partial charge in [0.2, 0.25) is 5.75 Å². The van der Waals surface area contributed by atoms with Crippen LogP contribution in [0.2, 0.25) is 0 Å². The van der Waals surface area contributed by atoms with Crippen LogP contribution in [0.5, 0.6) is 5.75 Å². The van der Waals surface area contributed by atoms with Gasteiger partial charge in [-0.05, 0) is 18.9 Å². The summed E-state index contributed by atoms with van der Waals surface area (Å²) in [5.74, 6) is -0.778. The van der Waals surface area contributed by atoms with Crippen LogP contribution >= 0.6 is 11.3 Å². The molecule has 2 aromatic rings. The lowest BCUT2D eigenvalue weighted by atomic mass is 9.98. The number of phenolic OH excluding ortho intramolecular Hbond substituents is 1. The fourth-order valence-electron chi connectivity index (χ4n) is 2.82. The maximum atomic E-state index is 12.6. The molecule has 1 atom stereocenters. The molecule has 0 spiro atoms. The quantitative estimate of drug-likeness (QED) is 0.688. The van der Waals surface area contributed by atoms with Gasteiger partial charge in [-0.15, -0.1) is 11.3 Å². The molecule has 1 amide bonds. The second-order valence-corrected chi connectivity index (χ2v) is 6.32. The summed E-state index contributed by atoms with van der Waals surface area (Å²) in [4.78, 5) is 28.8. The Morgan fingerprint density at radius 1 is 1.48 bits per heavy atom. The van der Waals surface area contributed by atoms with Gasteiger partial charge in [-0.3, -0.25) is 14.9 Å². The van der Waals surface area contributed by atoms with Gasteiger partial charge >= 0.3 is 5.69 Å². The molecule has 1 fully saturated rings. The molecule has 8 heteroatoms. The fraction of sp³-hybridized carbons (Fsp3) is 0.333. The molecule has 120 valence electrons. The van der Waals surface area contributed by atoms with Crippen molar-refractivity contribution in [2.24, 2.45) is 0 Å². The number of hydrogen-bond acceptors (Lipinski definition) is 6. The Balaban J connectivity index is 1.83. The summed E-state index contributed by atoms with van der Waals surface area (Å²) in [6.07, 6.45) is 3.54. The van der Waals surface area contributed by atoms with Crippen LogP contribution in [0.15, 0.2) is 29.8 Å². The third-order valence-corrected chi connectivity index (χ3v) is 4.89. The minimum atomic E-state index is -0.694. The van der Waals surface area contributed by atoms with Crippen molar-refractivity contribution in [2.75, 3.05) is 13.1 Å². The monoisotopic (exact) mass is 333 g/mol. The van der Waals surface area contributed by atoms with Crippen LogP contribution in [0.3, 0.4) is 0 Å². The molecule has 0 saturated carbocycles. The van der Waals surface area contributed by atoms with E-state index in [2.05, 4.69) is 4.98 Å². The number of nitro groups is 1. The van der Waals surface area contributed by atoms with Crippen molar-refractivity contribution in [3.05, 3.63) is 50.5 Å². The maximum Gasteiger partial charge on any atom is 0.311 e. The minimum absolute atomic E-state index is 0.0287. The molecular weight excluding hydrogens is 318 g/mol. The number of nitro benzene ring substituents is 1. The van der Waals surface area contributed by atoms with E-state index in [0.717, 1.165) is 17.8 Å². The number of carbonyl (C=O) groups is 1. The lowest BCUT2D eigenvalue weighted by Crippen LogP contribution is -2.39. The molecule has 1 aliphatic rings. The number of hydrogen-bond donors (Lipinski definition) is 1. The van der Waals surface area contributed by atoms with Gasteiger partial charge in [-0.2, -0.15) is 0 Å². The Morgan fingerprint density at radius 3 is 3.00 bits per heavy atom. The molecule has 0 unspecified atom stereocenters. The van der Waals surface area contributed by atoms with E-state index in [1.807, 2.05) is 5.38 Å². The Morgan fingerprint density at radius 2 is 2.30 bits per heavy atom. The molecule has 0 radical (unpaired) electrons. The average Bonchev–Trinajstić information content (AvgIpc) is 3.09. The average molecular weight is 333 g/mol. The van der Waals surface area contributed by atoms with Gasteiger partial charge < -0.3 is 10.0 Å². The number of aromatic nitrogens is 1. The Labute approximate surface area is 136 Å². The van der Waals surface area contributed by atoms with Crippen LogP contribution in [-0.2, 0) is 0 Å². The first-order valence-corrected chi connectivity index (χ1v) is 8.11. The van der Waals surface area contributed by atoms with Crippen molar-refractivity contribution in [1.82, 2.24) is 9.88 Å². The van der Waals surface area contributed by atoms with Crippen LogP contribution in [0.4, 0.5) is 5.69 Å². The summed E-state index contributed by atoms with van der Waals surface area (Å²) in [5.41, 5.74) is -0.483. The van der Waals surface area contributed by atoms with E-state index in [-0.39, 0.29) is 17.4 Å². The third-order valence-electron chi connectivity index (χ3n) is 3.95. The summed E-state index contributed by atoms with van der Waals surface area (Å²) in [6, 6.07) is 4.01. The van der Waals surface area contributed by atoms with Crippen molar-refractivity contribution in [3.8, 4) is 5.75 Å². The van der Waals surface area contributed by atoms with E-state index in [0.29, 0.717) is 13.1 Å². The molecule has 1 aromatic carbocycles. The summed E-state index contributed by atoms with van der Waals surface area (Å²) in [6.45, 7) is 1.08. The third kappa shape index (κ3) is 3.02. The second kappa shape index (κ2) is 6.33. The van der Waals surface area contributed by atoms with E-state index in [4.69, 9.17) is 0 Å². The molecule has 0 bridgehead atoms. The van der Waals surface area contributed by atoms with Crippen molar-refractivity contribution < 1.29 is 14.8 Å². The van der Waals surface area contributed by atoms with E-state index in [1.165, 1.54) is 18.2 Å². The molecule has 0 aliphatic carbocycles. The van der Waals surface area contributed by atoms with Crippen molar-refractivity contribution in [3.63, 3.8) is 0 Å². The fourth-order valence-corrected chi connectivity index (χ4v) is 3.59. The smallest absolute Gasteiger partial charge is 0.311 e. The lowest BCUT2D eigenvalue weighted by Gasteiger charge is -2.32. The zero-order chi connectivity index (χ0) is 16.4.